The summed E-state index contributed by atoms with van der Waals surface area (Å²) in [4.78, 5) is 17.1. The average Bonchev–Trinajstić information content (AvgIpc) is 3.17. The third-order valence-corrected chi connectivity index (χ3v) is 4.12. The minimum atomic E-state index is -0.215. The van der Waals surface area contributed by atoms with E-state index in [1.54, 1.807) is 17.4 Å². The van der Waals surface area contributed by atoms with Crippen LogP contribution in [0, 0.1) is 0 Å². The maximum atomic E-state index is 11.8. The Hall–Kier alpha value is -2.31. The molecule has 2 aromatic heterocycles. The van der Waals surface area contributed by atoms with Crippen LogP contribution in [0.25, 0.3) is 16.8 Å². The van der Waals surface area contributed by atoms with Crippen LogP contribution in [-0.4, -0.2) is 15.3 Å². The second-order valence-electron chi connectivity index (χ2n) is 4.13. The largest absolute Gasteiger partial charge is 0.297 e. The van der Waals surface area contributed by atoms with Gasteiger partial charge in [0, 0.05) is 17.6 Å². The number of hydrogen-bond donors (Lipinski definition) is 1. The third kappa shape index (κ3) is 3.62. The Labute approximate surface area is 130 Å². The van der Waals surface area contributed by atoms with Crippen LogP contribution in [0.15, 0.2) is 53.9 Å². The number of carbonyl (C=O) groups is 1. The Bertz CT molecular complexity index is 748. The number of benzene rings is 1. The fourth-order valence-electron chi connectivity index (χ4n) is 1.66. The van der Waals surface area contributed by atoms with Gasteiger partial charge in [-0.25, -0.2) is 0 Å². The van der Waals surface area contributed by atoms with Gasteiger partial charge in [0.1, 0.15) is 0 Å². The molecule has 0 saturated carbocycles. The molecule has 0 radical (unpaired) electrons. The van der Waals surface area contributed by atoms with Gasteiger partial charge in [0.2, 0.25) is 11.0 Å². The van der Waals surface area contributed by atoms with E-state index < -0.39 is 0 Å². The van der Waals surface area contributed by atoms with Gasteiger partial charge in [-0.15, -0.1) is 11.3 Å². The molecular weight excluding hydrogens is 302 g/mol. The highest BCUT2D eigenvalue weighted by atomic mass is 32.1. The van der Waals surface area contributed by atoms with Crippen molar-refractivity contribution >= 4 is 40.0 Å². The normalized spacial score (nSPS) is 10.9. The van der Waals surface area contributed by atoms with Crippen molar-refractivity contribution in [1.82, 2.24) is 9.36 Å². The van der Waals surface area contributed by atoms with E-state index in [1.165, 1.54) is 17.6 Å². The predicted molar refractivity (Wildman–Crippen MR) is 87.3 cm³/mol. The Morgan fingerprint density at radius 2 is 2.00 bits per heavy atom. The average molecular weight is 313 g/mol. The maximum absolute atomic E-state index is 11.8. The minimum absolute atomic E-state index is 0.215. The van der Waals surface area contributed by atoms with Crippen molar-refractivity contribution in [3.8, 4) is 10.7 Å². The molecule has 2 heterocycles. The van der Waals surface area contributed by atoms with Gasteiger partial charge in [-0.3, -0.25) is 10.1 Å². The Morgan fingerprint density at radius 1 is 1.14 bits per heavy atom. The Balaban J connectivity index is 1.64. The first-order valence-corrected chi connectivity index (χ1v) is 7.88. The molecule has 0 aliphatic carbocycles. The van der Waals surface area contributed by atoms with Gasteiger partial charge in [-0.05, 0) is 23.1 Å². The molecule has 21 heavy (non-hydrogen) atoms. The molecule has 0 bridgehead atoms. The summed E-state index contributed by atoms with van der Waals surface area (Å²) in [6, 6.07) is 13.6. The first-order chi connectivity index (χ1) is 10.3. The first kappa shape index (κ1) is 13.7. The van der Waals surface area contributed by atoms with Crippen LogP contribution in [-0.2, 0) is 4.79 Å². The van der Waals surface area contributed by atoms with E-state index in [2.05, 4.69) is 14.7 Å². The van der Waals surface area contributed by atoms with Crippen molar-refractivity contribution in [2.45, 2.75) is 0 Å². The van der Waals surface area contributed by atoms with E-state index in [0.29, 0.717) is 11.0 Å². The van der Waals surface area contributed by atoms with Crippen molar-refractivity contribution in [1.29, 1.82) is 0 Å². The summed E-state index contributed by atoms with van der Waals surface area (Å²) < 4.78 is 4.23. The van der Waals surface area contributed by atoms with E-state index in [4.69, 9.17) is 0 Å². The topological polar surface area (TPSA) is 54.9 Å². The molecule has 0 atom stereocenters. The van der Waals surface area contributed by atoms with Crippen LogP contribution in [0.4, 0.5) is 5.13 Å². The predicted octanol–water partition coefficient (Wildman–Crippen LogP) is 3.92. The highest BCUT2D eigenvalue weighted by molar-refractivity contribution is 7.14. The highest BCUT2D eigenvalue weighted by Gasteiger charge is 2.08. The molecule has 3 rings (SSSR count). The summed E-state index contributed by atoms with van der Waals surface area (Å²) in [5, 5.41) is 5.19. The summed E-state index contributed by atoms with van der Waals surface area (Å²) in [7, 11) is 0. The lowest BCUT2D eigenvalue weighted by atomic mass is 10.2. The molecule has 4 nitrogen and oxygen atoms in total. The molecule has 6 heteroatoms. The lowest BCUT2D eigenvalue weighted by Crippen LogP contribution is -2.07. The number of nitrogens with zero attached hydrogens (tertiary/aromatic N) is 2. The fourth-order valence-corrected chi connectivity index (χ4v) is 2.96. The van der Waals surface area contributed by atoms with Gasteiger partial charge in [0.25, 0.3) is 0 Å². The van der Waals surface area contributed by atoms with Crippen molar-refractivity contribution in [3.63, 3.8) is 0 Å². The zero-order valence-electron chi connectivity index (χ0n) is 10.9. The Kier molecular flexibility index (Phi) is 4.18. The van der Waals surface area contributed by atoms with Crippen molar-refractivity contribution in [2.75, 3.05) is 5.32 Å². The highest BCUT2D eigenvalue weighted by Crippen LogP contribution is 2.24. The second-order valence-corrected chi connectivity index (χ2v) is 5.83. The van der Waals surface area contributed by atoms with Crippen LogP contribution >= 0.6 is 22.9 Å². The van der Waals surface area contributed by atoms with Crippen LogP contribution in [0.5, 0.6) is 0 Å². The van der Waals surface area contributed by atoms with Gasteiger partial charge < -0.3 is 0 Å². The van der Waals surface area contributed by atoms with Gasteiger partial charge >= 0.3 is 0 Å². The third-order valence-electron chi connectivity index (χ3n) is 2.62. The monoisotopic (exact) mass is 313 g/mol. The molecule has 0 spiro atoms. The molecule has 0 aliphatic rings. The van der Waals surface area contributed by atoms with Crippen molar-refractivity contribution in [2.24, 2.45) is 0 Å². The molecule has 0 aliphatic heterocycles. The molecule has 3 aromatic rings. The molecule has 1 aromatic carbocycles. The minimum Gasteiger partial charge on any atom is -0.297 e. The maximum Gasteiger partial charge on any atom is 0.250 e. The number of nitrogens with one attached hydrogen (secondary N) is 1. The molecular formula is C15H11N3OS2. The Morgan fingerprint density at radius 3 is 2.76 bits per heavy atom. The van der Waals surface area contributed by atoms with E-state index in [1.807, 2.05) is 47.8 Å². The van der Waals surface area contributed by atoms with Crippen molar-refractivity contribution in [3.05, 3.63) is 59.5 Å². The number of anilines is 1. The standard InChI is InChI=1S/C15H11N3OS2/c19-13(9-8-11-5-2-1-3-6-11)16-15-17-14(18-21-15)12-7-4-10-20-12/h1-10H,(H,16,17,18,19). The van der Waals surface area contributed by atoms with E-state index in [9.17, 15) is 4.79 Å². The lowest BCUT2D eigenvalue weighted by Gasteiger charge is -1.95. The summed E-state index contributed by atoms with van der Waals surface area (Å²) in [5.74, 6) is 0.435. The van der Waals surface area contributed by atoms with Crippen LogP contribution in [0.3, 0.4) is 0 Å². The van der Waals surface area contributed by atoms with E-state index >= 15 is 0 Å². The molecule has 1 amide bonds. The van der Waals surface area contributed by atoms with E-state index in [0.717, 1.165) is 10.4 Å². The lowest BCUT2D eigenvalue weighted by molar-refractivity contribution is -0.111. The SMILES string of the molecule is O=C(C=Cc1ccccc1)Nc1nc(-c2cccs2)ns1. The zero-order chi connectivity index (χ0) is 14.5. The summed E-state index contributed by atoms with van der Waals surface area (Å²) in [6.45, 7) is 0. The summed E-state index contributed by atoms with van der Waals surface area (Å²) in [6.07, 6.45) is 3.25. The van der Waals surface area contributed by atoms with Crippen LogP contribution in [0.2, 0.25) is 0 Å². The first-order valence-electron chi connectivity index (χ1n) is 6.23. The van der Waals surface area contributed by atoms with Crippen molar-refractivity contribution < 1.29 is 4.79 Å². The molecule has 0 saturated heterocycles. The molecule has 104 valence electrons. The smallest absolute Gasteiger partial charge is 0.250 e. The quantitative estimate of drug-likeness (QED) is 0.743. The molecule has 1 N–H and O–H groups in total. The number of thiophene rings is 1. The number of hydrogen-bond acceptors (Lipinski definition) is 5. The number of amides is 1. The van der Waals surface area contributed by atoms with Gasteiger partial charge in [-0.1, -0.05) is 36.4 Å². The number of rotatable bonds is 4. The fraction of sp³-hybridized carbons (Fsp3) is 0. The van der Waals surface area contributed by atoms with Gasteiger partial charge in [0.05, 0.1) is 4.88 Å². The van der Waals surface area contributed by atoms with Crippen LogP contribution < -0.4 is 5.32 Å². The molecule has 0 unspecified atom stereocenters. The summed E-state index contributed by atoms with van der Waals surface area (Å²) in [5.41, 5.74) is 0.976. The summed E-state index contributed by atoms with van der Waals surface area (Å²) >= 11 is 2.75. The number of aromatic nitrogens is 2. The van der Waals surface area contributed by atoms with E-state index in [-0.39, 0.29) is 5.91 Å². The van der Waals surface area contributed by atoms with Gasteiger partial charge in [-0.2, -0.15) is 9.36 Å². The van der Waals surface area contributed by atoms with Gasteiger partial charge in [0.15, 0.2) is 5.82 Å². The van der Waals surface area contributed by atoms with Crippen LogP contribution in [0.1, 0.15) is 5.56 Å². The second kappa shape index (κ2) is 6.43. The zero-order valence-corrected chi connectivity index (χ0v) is 12.5. The number of carbonyl (C=O) groups excluding carboxylic acids is 1. The molecule has 0 fully saturated rings.